The lowest BCUT2D eigenvalue weighted by molar-refractivity contribution is 0.0919. The number of aromatic nitrogens is 1. The van der Waals surface area contributed by atoms with E-state index in [0.29, 0.717) is 18.0 Å². The average Bonchev–Trinajstić information content (AvgIpc) is 3.13. The third kappa shape index (κ3) is 3.97. The summed E-state index contributed by atoms with van der Waals surface area (Å²) in [7, 11) is -1.14. The van der Waals surface area contributed by atoms with Crippen LogP contribution in [0.5, 0.6) is 0 Å². The molecule has 0 aliphatic heterocycles. The van der Waals surface area contributed by atoms with E-state index in [9.17, 15) is 9.00 Å². The van der Waals surface area contributed by atoms with E-state index >= 15 is 0 Å². The Morgan fingerprint density at radius 3 is 2.42 bits per heavy atom. The number of hydrogen-bond donors (Lipinski definition) is 1. The van der Waals surface area contributed by atoms with Crippen LogP contribution in [0.25, 0.3) is 11.3 Å². The monoisotopic (exact) mass is 340 g/mol. The van der Waals surface area contributed by atoms with E-state index in [2.05, 4.69) is 10.5 Å². The first-order valence-electron chi connectivity index (χ1n) is 7.48. The molecular weight excluding hydrogens is 324 g/mol. The predicted octanol–water partition coefficient (Wildman–Crippen LogP) is 2.88. The second-order valence-electron chi connectivity index (χ2n) is 5.06. The zero-order valence-corrected chi connectivity index (χ0v) is 13.7. The summed E-state index contributed by atoms with van der Waals surface area (Å²) >= 11 is 0. The van der Waals surface area contributed by atoms with E-state index in [0.717, 1.165) is 10.5 Å². The van der Waals surface area contributed by atoms with Crippen LogP contribution >= 0.6 is 0 Å². The molecule has 6 heteroatoms. The van der Waals surface area contributed by atoms with Crippen molar-refractivity contribution in [2.75, 3.05) is 12.3 Å². The van der Waals surface area contributed by atoms with Crippen LogP contribution < -0.4 is 5.32 Å². The molecule has 3 rings (SSSR count). The van der Waals surface area contributed by atoms with Gasteiger partial charge in [0.15, 0.2) is 0 Å². The van der Waals surface area contributed by atoms with Crippen molar-refractivity contribution in [2.24, 2.45) is 0 Å². The van der Waals surface area contributed by atoms with Gasteiger partial charge in [0, 0.05) is 28.8 Å². The molecule has 2 aromatic carbocycles. The Morgan fingerprint density at radius 1 is 1.04 bits per heavy atom. The molecule has 1 heterocycles. The van der Waals surface area contributed by atoms with Gasteiger partial charge in [0.25, 0.3) is 5.91 Å². The summed E-state index contributed by atoms with van der Waals surface area (Å²) in [4.78, 5) is 12.8. The summed E-state index contributed by atoms with van der Waals surface area (Å²) in [6.45, 7) is 0.293. The minimum Gasteiger partial charge on any atom is -0.350 e. The number of benzene rings is 2. The van der Waals surface area contributed by atoms with Crippen molar-refractivity contribution >= 4 is 16.7 Å². The lowest BCUT2D eigenvalue weighted by atomic mass is 10.1. The molecule has 0 radical (unpaired) electrons. The Balaban J connectivity index is 1.54. The predicted molar refractivity (Wildman–Crippen MR) is 92.0 cm³/mol. The second kappa shape index (κ2) is 7.70. The van der Waals surface area contributed by atoms with Crippen LogP contribution in [-0.4, -0.2) is 27.6 Å². The van der Waals surface area contributed by atoms with Gasteiger partial charge in [-0.25, -0.2) is 0 Å². The first-order chi connectivity index (χ1) is 11.7. The number of carbonyl (C=O) groups is 1. The van der Waals surface area contributed by atoms with Crippen LogP contribution in [0.4, 0.5) is 0 Å². The molecule has 24 heavy (non-hydrogen) atoms. The van der Waals surface area contributed by atoms with Crippen molar-refractivity contribution in [3.05, 3.63) is 72.5 Å². The molecule has 1 atom stereocenters. The molecule has 0 aliphatic carbocycles. The Labute approximate surface area is 142 Å². The van der Waals surface area contributed by atoms with Gasteiger partial charge in [-0.15, -0.1) is 0 Å². The second-order valence-corrected chi connectivity index (χ2v) is 6.63. The van der Waals surface area contributed by atoms with Crippen LogP contribution in [0.3, 0.4) is 0 Å². The number of carbonyl (C=O) groups excluding carboxylic acids is 1. The van der Waals surface area contributed by atoms with Crippen molar-refractivity contribution in [2.45, 2.75) is 4.90 Å². The number of hydrogen-bond acceptors (Lipinski definition) is 4. The molecule has 5 nitrogen and oxygen atoms in total. The number of rotatable bonds is 6. The summed E-state index contributed by atoms with van der Waals surface area (Å²) in [6.07, 6.45) is 0. The first kappa shape index (κ1) is 16.1. The number of amides is 1. The fraction of sp³-hybridized carbons (Fsp3) is 0.111. The van der Waals surface area contributed by atoms with Crippen molar-refractivity contribution in [1.29, 1.82) is 0 Å². The third-order valence-electron chi connectivity index (χ3n) is 3.38. The van der Waals surface area contributed by atoms with Gasteiger partial charge in [-0.05, 0) is 12.1 Å². The van der Waals surface area contributed by atoms with E-state index in [1.54, 1.807) is 18.2 Å². The highest BCUT2D eigenvalue weighted by Crippen LogP contribution is 2.18. The maximum absolute atomic E-state index is 12.1. The van der Waals surface area contributed by atoms with E-state index in [-0.39, 0.29) is 11.7 Å². The van der Waals surface area contributed by atoms with Gasteiger partial charge < -0.3 is 9.84 Å². The Morgan fingerprint density at radius 2 is 1.71 bits per heavy atom. The van der Waals surface area contributed by atoms with Crippen molar-refractivity contribution < 1.29 is 13.5 Å². The molecule has 0 aliphatic rings. The summed E-state index contributed by atoms with van der Waals surface area (Å²) in [5.41, 5.74) is 1.49. The lowest BCUT2D eigenvalue weighted by Gasteiger charge is -2.03. The van der Waals surface area contributed by atoms with Gasteiger partial charge in [-0.3, -0.25) is 9.00 Å². The number of nitrogens with one attached hydrogen (secondary N) is 1. The molecule has 122 valence electrons. The Bertz CT molecular complexity index is 832. The van der Waals surface area contributed by atoms with E-state index in [1.165, 1.54) is 0 Å². The lowest BCUT2D eigenvalue weighted by Crippen LogP contribution is -2.27. The summed E-state index contributed by atoms with van der Waals surface area (Å²) < 4.78 is 17.2. The molecule has 3 aromatic rings. The molecule has 1 amide bonds. The summed E-state index contributed by atoms with van der Waals surface area (Å²) in [5, 5.41) is 6.60. The smallest absolute Gasteiger partial charge is 0.289 e. The minimum absolute atomic E-state index is 0.138. The quantitative estimate of drug-likeness (QED) is 0.749. The first-order valence-corrected chi connectivity index (χ1v) is 8.80. The third-order valence-corrected chi connectivity index (χ3v) is 4.76. The van der Waals surface area contributed by atoms with E-state index in [1.807, 2.05) is 48.5 Å². The normalized spacial score (nSPS) is 11.8. The van der Waals surface area contributed by atoms with Crippen LogP contribution in [0.1, 0.15) is 10.6 Å². The Hall–Kier alpha value is -2.73. The largest absolute Gasteiger partial charge is 0.350 e. The Kier molecular flexibility index (Phi) is 5.18. The fourth-order valence-corrected chi connectivity index (χ4v) is 3.15. The van der Waals surface area contributed by atoms with Gasteiger partial charge >= 0.3 is 0 Å². The highest BCUT2D eigenvalue weighted by atomic mass is 32.2. The van der Waals surface area contributed by atoms with Crippen molar-refractivity contribution in [3.63, 3.8) is 0 Å². The molecule has 0 unspecified atom stereocenters. The van der Waals surface area contributed by atoms with Crippen LogP contribution in [0.2, 0.25) is 0 Å². The SMILES string of the molecule is O=C(NCC[S@@](=O)c1ccccc1)c1cc(-c2ccccc2)no1. The van der Waals surface area contributed by atoms with Gasteiger partial charge in [0.2, 0.25) is 5.76 Å². The van der Waals surface area contributed by atoms with E-state index < -0.39 is 10.8 Å². The van der Waals surface area contributed by atoms with Gasteiger partial charge in [-0.2, -0.15) is 0 Å². The van der Waals surface area contributed by atoms with Crippen molar-refractivity contribution in [3.8, 4) is 11.3 Å². The summed E-state index contributed by atoms with van der Waals surface area (Å²) in [5.74, 6) is 0.115. The maximum atomic E-state index is 12.1. The fourth-order valence-electron chi connectivity index (χ4n) is 2.16. The molecule has 0 saturated heterocycles. The maximum Gasteiger partial charge on any atom is 0.289 e. The molecule has 1 aromatic heterocycles. The molecule has 0 bridgehead atoms. The highest BCUT2D eigenvalue weighted by Gasteiger charge is 2.14. The van der Waals surface area contributed by atoms with Gasteiger partial charge in [0.05, 0.1) is 10.8 Å². The van der Waals surface area contributed by atoms with Crippen LogP contribution in [0.15, 0.2) is 76.1 Å². The number of nitrogens with zero attached hydrogens (tertiary/aromatic N) is 1. The van der Waals surface area contributed by atoms with E-state index in [4.69, 9.17) is 4.52 Å². The molecule has 0 saturated carbocycles. The average molecular weight is 340 g/mol. The molecular formula is C18H16N2O3S. The standard InChI is InChI=1S/C18H16N2O3S/c21-18(19-11-12-24(22)15-9-5-2-6-10-15)17-13-16(20-23-17)14-7-3-1-4-8-14/h1-10,13H,11-12H2,(H,19,21)/t24-/m1/s1. The van der Waals surface area contributed by atoms with Crippen molar-refractivity contribution in [1.82, 2.24) is 10.5 Å². The topological polar surface area (TPSA) is 72.2 Å². The molecule has 1 N–H and O–H groups in total. The highest BCUT2D eigenvalue weighted by molar-refractivity contribution is 7.85. The van der Waals surface area contributed by atoms with Crippen LogP contribution in [-0.2, 0) is 10.8 Å². The van der Waals surface area contributed by atoms with Gasteiger partial charge in [-0.1, -0.05) is 53.7 Å². The minimum atomic E-state index is -1.14. The van der Waals surface area contributed by atoms with Crippen LogP contribution in [0, 0.1) is 0 Å². The zero-order valence-electron chi connectivity index (χ0n) is 12.8. The molecule has 0 spiro atoms. The molecule has 0 fully saturated rings. The summed E-state index contributed by atoms with van der Waals surface area (Å²) in [6, 6.07) is 20.2. The zero-order chi connectivity index (χ0) is 16.8. The van der Waals surface area contributed by atoms with Gasteiger partial charge in [0.1, 0.15) is 5.69 Å².